The van der Waals surface area contributed by atoms with Crippen LogP contribution in [0.2, 0.25) is 0 Å². The van der Waals surface area contributed by atoms with Gasteiger partial charge < -0.3 is 10.2 Å². The number of likely N-dealkylation sites (N-methyl/N-ethyl adjacent to an activating group) is 1. The van der Waals surface area contributed by atoms with Gasteiger partial charge in [0.2, 0.25) is 0 Å². The van der Waals surface area contributed by atoms with Gasteiger partial charge in [-0.15, -0.1) is 0 Å². The van der Waals surface area contributed by atoms with E-state index in [1.165, 1.54) is 5.56 Å². The summed E-state index contributed by atoms with van der Waals surface area (Å²) in [6, 6.07) is 7.47. The average molecular weight is 306 g/mol. The fourth-order valence-corrected chi connectivity index (χ4v) is 3.39. The minimum atomic E-state index is -0.150. The van der Waals surface area contributed by atoms with Gasteiger partial charge in [0.15, 0.2) is 0 Å². The van der Waals surface area contributed by atoms with Crippen molar-refractivity contribution in [2.45, 2.75) is 6.04 Å². The van der Waals surface area contributed by atoms with E-state index in [9.17, 15) is 4.39 Å². The predicted molar refractivity (Wildman–Crippen MR) is 87.5 cm³/mol. The predicted octanol–water partition coefficient (Wildman–Crippen LogP) is 1.02. The Kier molecular flexibility index (Phi) is 5.41. The summed E-state index contributed by atoms with van der Waals surface area (Å²) in [7, 11) is 2.18. The van der Waals surface area contributed by atoms with Gasteiger partial charge in [-0.2, -0.15) is 0 Å². The van der Waals surface area contributed by atoms with Crippen molar-refractivity contribution < 1.29 is 4.39 Å². The second kappa shape index (κ2) is 7.51. The Morgan fingerprint density at radius 3 is 2.27 bits per heavy atom. The number of nitrogens with one attached hydrogen (secondary N) is 1. The van der Waals surface area contributed by atoms with Crippen LogP contribution in [-0.4, -0.2) is 80.7 Å². The molecule has 4 nitrogen and oxygen atoms in total. The molecule has 2 aliphatic rings. The molecular weight excluding hydrogens is 279 g/mol. The SMILES string of the molecule is CN1CCN(C(CN2CCNCC2)c2ccc(F)cc2)CC1. The van der Waals surface area contributed by atoms with E-state index in [4.69, 9.17) is 0 Å². The Morgan fingerprint density at radius 2 is 1.64 bits per heavy atom. The molecule has 0 amide bonds. The zero-order chi connectivity index (χ0) is 15.4. The maximum atomic E-state index is 13.3. The lowest BCUT2D eigenvalue weighted by molar-refractivity contribution is 0.0816. The molecule has 0 bridgehead atoms. The third kappa shape index (κ3) is 4.04. The van der Waals surface area contributed by atoms with Gasteiger partial charge in [0.05, 0.1) is 0 Å². The Labute approximate surface area is 132 Å². The summed E-state index contributed by atoms with van der Waals surface area (Å²) >= 11 is 0. The quantitative estimate of drug-likeness (QED) is 0.896. The van der Waals surface area contributed by atoms with Crippen molar-refractivity contribution in [1.29, 1.82) is 0 Å². The van der Waals surface area contributed by atoms with Crippen LogP contribution in [0.3, 0.4) is 0 Å². The minimum absolute atomic E-state index is 0.150. The molecule has 0 spiro atoms. The number of hydrogen-bond acceptors (Lipinski definition) is 4. The van der Waals surface area contributed by atoms with Gasteiger partial charge in [0, 0.05) is 64.9 Å². The number of benzene rings is 1. The lowest BCUT2D eigenvalue weighted by atomic mass is 10.0. The molecule has 1 aromatic carbocycles. The molecule has 2 aliphatic heterocycles. The van der Waals surface area contributed by atoms with Gasteiger partial charge in [-0.25, -0.2) is 4.39 Å². The second-order valence-electron chi connectivity index (χ2n) is 6.46. The van der Waals surface area contributed by atoms with Crippen molar-refractivity contribution >= 4 is 0 Å². The standard InChI is InChI=1S/C17H27FN4/c1-20-10-12-22(13-11-20)17(14-21-8-6-19-7-9-21)15-2-4-16(18)5-3-15/h2-5,17,19H,6-14H2,1H3. The third-order valence-electron chi connectivity index (χ3n) is 4.87. The Balaban J connectivity index is 1.73. The first-order valence-electron chi connectivity index (χ1n) is 8.33. The normalized spacial score (nSPS) is 23.5. The van der Waals surface area contributed by atoms with E-state index in [0.29, 0.717) is 6.04 Å². The maximum Gasteiger partial charge on any atom is 0.123 e. The molecule has 3 rings (SSSR count). The van der Waals surface area contributed by atoms with Gasteiger partial charge in [-0.05, 0) is 24.7 Å². The van der Waals surface area contributed by atoms with E-state index in [1.807, 2.05) is 12.1 Å². The molecule has 2 saturated heterocycles. The van der Waals surface area contributed by atoms with Crippen molar-refractivity contribution in [1.82, 2.24) is 20.0 Å². The van der Waals surface area contributed by atoms with Crippen LogP contribution in [0.4, 0.5) is 4.39 Å². The first-order valence-corrected chi connectivity index (χ1v) is 8.33. The Hall–Kier alpha value is -1.01. The molecule has 1 unspecified atom stereocenters. The van der Waals surface area contributed by atoms with E-state index < -0.39 is 0 Å². The molecular formula is C17H27FN4. The zero-order valence-electron chi connectivity index (χ0n) is 13.5. The smallest absolute Gasteiger partial charge is 0.123 e. The molecule has 0 aliphatic carbocycles. The molecule has 0 aromatic heterocycles. The van der Waals surface area contributed by atoms with E-state index in [1.54, 1.807) is 12.1 Å². The number of piperazine rings is 2. The van der Waals surface area contributed by atoms with Gasteiger partial charge in [0.25, 0.3) is 0 Å². The summed E-state index contributed by atoms with van der Waals surface area (Å²) in [5.41, 5.74) is 1.24. The monoisotopic (exact) mass is 306 g/mol. The fraction of sp³-hybridized carbons (Fsp3) is 0.647. The first kappa shape index (κ1) is 15.9. The number of nitrogens with zero attached hydrogens (tertiary/aromatic N) is 3. The van der Waals surface area contributed by atoms with E-state index in [-0.39, 0.29) is 5.82 Å². The lowest BCUT2D eigenvalue weighted by Gasteiger charge is -2.41. The average Bonchev–Trinajstić information content (AvgIpc) is 2.56. The minimum Gasteiger partial charge on any atom is -0.314 e. The van der Waals surface area contributed by atoms with Crippen LogP contribution in [0.25, 0.3) is 0 Å². The van der Waals surface area contributed by atoms with Crippen molar-refractivity contribution in [2.24, 2.45) is 0 Å². The van der Waals surface area contributed by atoms with E-state index >= 15 is 0 Å². The van der Waals surface area contributed by atoms with Crippen LogP contribution in [0, 0.1) is 5.82 Å². The molecule has 2 fully saturated rings. The molecule has 2 heterocycles. The van der Waals surface area contributed by atoms with Crippen molar-refractivity contribution in [3.8, 4) is 0 Å². The van der Waals surface area contributed by atoms with E-state index in [2.05, 4.69) is 27.1 Å². The van der Waals surface area contributed by atoms with Gasteiger partial charge >= 0.3 is 0 Å². The number of hydrogen-bond donors (Lipinski definition) is 1. The van der Waals surface area contributed by atoms with Gasteiger partial charge in [-0.1, -0.05) is 12.1 Å². The highest BCUT2D eigenvalue weighted by Gasteiger charge is 2.26. The molecule has 0 radical (unpaired) electrons. The first-order chi connectivity index (χ1) is 10.7. The van der Waals surface area contributed by atoms with Crippen LogP contribution in [0.15, 0.2) is 24.3 Å². The van der Waals surface area contributed by atoms with Crippen LogP contribution >= 0.6 is 0 Å². The molecule has 22 heavy (non-hydrogen) atoms. The molecule has 5 heteroatoms. The summed E-state index contributed by atoms with van der Waals surface area (Å²) in [5.74, 6) is -0.150. The summed E-state index contributed by atoms with van der Waals surface area (Å²) in [5, 5.41) is 3.41. The maximum absolute atomic E-state index is 13.3. The number of halogens is 1. The van der Waals surface area contributed by atoms with Crippen LogP contribution in [0.1, 0.15) is 11.6 Å². The van der Waals surface area contributed by atoms with Crippen LogP contribution in [-0.2, 0) is 0 Å². The summed E-state index contributed by atoms with van der Waals surface area (Å²) in [4.78, 5) is 7.47. The van der Waals surface area contributed by atoms with Crippen LogP contribution in [0.5, 0.6) is 0 Å². The van der Waals surface area contributed by atoms with Crippen molar-refractivity contribution in [3.05, 3.63) is 35.6 Å². The summed E-state index contributed by atoms with van der Waals surface area (Å²) < 4.78 is 13.3. The van der Waals surface area contributed by atoms with Crippen molar-refractivity contribution in [3.63, 3.8) is 0 Å². The molecule has 122 valence electrons. The van der Waals surface area contributed by atoms with Gasteiger partial charge in [0.1, 0.15) is 5.82 Å². The van der Waals surface area contributed by atoms with Crippen molar-refractivity contribution in [2.75, 3.05) is 66.0 Å². The molecule has 1 atom stereocenters. The van der Waals surface area contributed by atoms with Crippen LogP contribution < -0.4 is 5.32 Å². The fourth-order valence-electron chi connectivity index (χ4n) is 3.39. The number of rotatable bonds is 4. The third-order valence-corrected chi connectivity index (χ3v) is 4.87. The zero-order valence-corrected chi connectivity index (χ0v) is 13.5. The largest absolute Gasteiger partial charge is 0.314 e. The molecule has 1 N–H and O–H groups in total. The highest BCUT2D eigenvalue weighted by Crippen LogP contribution is 2.24. The molecule has 0 saturated carbocycles. The highest BCUT2D eigenvalue weighted by molar-refractivity contribution is 5.21. The summed E-state index contributed by atoms with van der Waals surface area (Å²) in [6.07, 6.45) is 0. The van der Waals surface area contributed by atoms with Gasteiger partial charge in [-0.3, -0.25) is 9.80 Å². The molecule has 1 aromatic rings. The lowest BCUT2D eigenvalue weighted by Crippen LogP contribution is -2.51. The topological polar surface area (TPSA) is 21.8 Å². The summed E-state index contributed by atoms with van der Waals surface area (Å²) in [6.45, 7) is 9.78. The Morgan fingerprint density at radius 1 is 1.00 bits per heavy atom. The van der Waals surface area contributed by atoms with E-state index in [0.717, 1.165) is 58.9 Å². The highest BCUT2D eigenvalue weighted by atomic mass is 19.1. The Bertz CT molecular complexity index is 450. The second-order valence-corrected chi connectivity index (χ2v) is 6.46.